The first-order valence-corrected chi connectivity index (χ1v) is 6.91. The van der Waals surface area contributed by atoms with Gasteiger partial charge in [-0.05, 0) is 44.5 Å². The van der Waals surface area contributed by atoms with Crippen molar-refractivity contribution in [1.29, 1.82) is 0 Å². The van der Waals surface area contributed by atoms with Crippen LogP contribution in [0.15, 0.2) is 18.2 Å². The zero-order valence-corrected chi connectivity index (χ0v) is 12.0. The van der Waals surface area contributed by atoms with Crippen LogP contribution in [0.5, 0.6) is 0 Å². The molecule has 0 fully saturated rings. The monoisotopic (exact) mass is 270 g/mol. The number of nitrogens with zero attached hydrogens (tertiary/aromatic N) is 1. The maximum absolute atomic E-state index is 6.33. The number of likely N-dealkylation sites (N-methyl/N-ethyl adjacent to an activating group) is 1. The Balaban J connectivity index is 2.73. The lowest BCUT2D eigenvalue weighted by Gasteiger charge is -2.24. The average Bonchev–Trinajstić information content (AvgIpc) is 2.36. The molecular formula is C14H23ClN2O. The van der Waals surface area contributed by atoms with E-state index in [9.17, 15) is 0 Å². The van der Waals surface area contributed by atoms with Crippen molar-refractivity contribution >= 4 is 17.3 Å². The minimum Gasteiger partial charge on any atom is -0.380 e. The summed E-state index contributed by atoms with van der Waals surface area (Å²) >= 11 is 6.33. The van der Waals surface area contributed by atoms with Crippen LogP contribution < -0.4 is 10.6 Å². The molecule has 3 nitrogen and oxygen atoms in total. The second-order valence-electron chi connectivity index (χ2n) is 4.10. The van der Waals surface area contributed by atoms with Crippen molar-refractivity contribution in [2.24, 2.45) is 5.73 Å². The standard InChI is InChI=1S/C14H23ClN2O/c1-3-17(9-10-18-4-2)14-6-5-12(7-8-16)11-13(14)15/h5-6,11H,3-4,7-10,16H2,1-2H3. The Morgan fingerprint density at radius 1 is 1.33 bits per heavy atom. The second-order valence-corrected chi connectivity index (χ2v) is 4.51. The van der Waals surface area contributed by atoms with Gasteiger partial charge in [0.15, 0.2) is 0 Å². The molecule has 0 aromatic heterocycles. The molecule has 0 aliphatic rings. The summed E-state index contributed by atoms with van der Waals surface area (Å²) in [6.07, 6.45) is 0.866. The summed E-state index contributed by atoms with van der Waals surface area (Å²) in [5.41, 5.74) is 7.80. The van der Waals surface area contributed by atoms with Crippen LogP contribution in [0.3, 0.4) is 0 Å². The van der Waals surface area contributed by atoms with Crippen LogP contribution in [-0.4, -0.2) is 32.8 Å². The molecule has 102 valence electrons. The number of ether oxygens (including phenoxy) is 1. The highest BCUT2D eigenvalue weighted by atomic mass is 35.5. The van der Waals surface area contributed by atoms with Crippen LogP contribution in [0, 0.1) is 0 Å². The van der Waals surface area contributed by atoms with E-state index in [-0.39, 0.29) is 0 Å². The number of nitrogens with two attached hydrogens (primary N) is 1. The molecule has 2 N–H and O–H groups in total. The normalized spacial score (nSPS) is 10.7. The number of hydrogen-bond donors (Lipinski definition) is 1. The molecule has 18 heavy (non-hydrogen) atoms. The zero-order chi connectivity index (χ0) is 13.4. The van der Waals surface area contributed by atoms with Gasteiger partial charge in [0, 0.05) is 19.7 Å². The molecule has 0 bridgehead atoms. The predicted octanol–water partition coefficient (Wildman–Crippen LogP) is 2.70. The molecule has 0 amide bonds. The molecule has 0 atom stereocenters. The van der Waals surface area contributed by atoms with Crippen LogP contribution in [0.1, 0.15) is 19.4 Å². The predicted molar refractivity (Wildman–Crippen MR) is 78.6 cm³/mol. The van der Waals surface area contributed by atoms with Crippen LogP contribution in [0.4, 0.5) is 5.69 Å². The van der Waals surface area contributed by atoms with Gasteiger partial charge in [0.05, 0.1) is 17.3 Å². The highest BCUT2D eigenvalue weighted by Gasteiger charge is 2.09. The molecule has 0 heterocycles. The Morgan fingerprint density at radius 3 is 2.67 bits per heavy atom. The fourth-order valence-corrected chi connectivity index (χ4v) is 2.22. The Kier molecular flexibility index (Phi) is 7.09. The van der Waals surface area contributed by atoms with Gasteiger partial charge in [-0.15, -0.1) is 0 Å². The molecule has 0 spiro atoms. The van der Waals surface area contributed by atoms with Gasteiger partial charge in [-0.3, -0.25) is 0 Å². The quantitative estimate of drug-likeness (QED) is 0.738. The second kappa shape index (κ2) is 8.35. The highest BCUT2D eigenvalue weighted by Crippen LogP contribution is 2.26. The first-order valence-electron chi connectivity index (χ1n) is 6.54. The summed E-state index contributed by atoms with van der Waals surface area (Å²) in [6.45, 7) is 8.04. The molecule has 1 aromatic rings. The molecular weight excluding hydrogens is 248 g/mol. The molecule has 0 radical (unpaired) electrons. The van der Waals surface area contributed by atoms with Gasteiger partial charge in [0.1, 0.15) is 0 Å². The van der Waals surface area contributed by atoms with Gasteiger partial charge < -0.3 is 15.4 Å². The minimum atomic E-state index is 0.650. The number of benzene rings is 1. The van der Waals surface area contributed by atoms with Crippen LogP contribution >= 0.6 is 11.6 Å². The fourth-order valence-electron chi connectivity index (χ4n) is 1.90. The van der Waals surface area contributed by atoms with E-state index in [1.807, 2.05) is 13.0 Å². The van der Waals surface area contributed by atoms with Crippen LogP contribution in [0.25, 0.3) is 0 Å². The number of rotatable bonds is 8. The molecule has 1 aromatic carbocycles. The highest BCUT2D eigenvalue weighted by molar-refractivity contribution is 6.33. The Morgan fingerprint density at radius 2 is 2.11 bits per heavy atom. The number of halogens is 1. The first kappa shape index (κ1) is 15.3. The molecule has 0 aliphatic carbocycles. The van der Waals surface area contributed by atoms with E-state index < -0.39 is 0 Å². The van der Waals surface area contributed by atoms with Crippen molar-refractivity contribution in [3.05, 3.63) is 28.8 Å². The third-order valence-electron chi connectivity index (χ3n) is 2.88. The van der Waals surface area contributed by atoms with Crippen molar-refractivity contribution in [3.8, 4) is 0 Å². The van der Waals surface area contributed by atoms with E-state index in [1.54, 1.807) is 0 Å². The van der Waals surface area contributed by atoms with Crippen molar-refractivity contribution in [2.75, 3.05) is 37.7 Å². The molecule has 1 rings (SSSR count). The minimum absolute atomic E-state index is 0.650. The van der Waals surface area contributed by atoms with E-state index in [1.165, 1.54) is 5.56 Å². The van der Waals surface area contributed by atoms with Crippen molar-refractivity contribution < 1.29 is 4.74 Å². The zero-order valence-electron chi connectivity index (χ0n) is 11.3. The summed E-state index contributed by atoms with van der Waals surface area (Å²) in [5, 5.41) is 0.791. The van der Waals surface area contributed by atoms with Crippen molar-refractivity contribution in [3.63, 3.8) is 0 Å². The number of hydrogen-bond acceptors (Lipinski definition) is 3. The lowest BCUT2D eigenvalue weighted by Crippen LogP contribution is -2.27. The van der Waals surface area contributed by atoms with Crippen LogP contribution in [-0.2, 0) is 11.2 Å². The van der Waals surface area contributed by atoms with Gasteiger partial charge in [0.25, 0.3) is 0 Å². The van der Waals surface area contributed by atoms with Gasteiger partial charge in [-0.25, -0.2) is 0 Å². The third kappa shape index (κ3) is 4.48. The van der Waals surface area contributed by atoms with E-state index in [4.69, 9.17) is 22.1 Å². The third-order valence-corrected chi connectivity index (χ3v) is 3.18. The van der Waals surface area contributed by atoms with Gasteiger partial charge >= 0.3 is 0 Å². The van der Waals surface area contributed by atoms with E-state index in [0.717, 1.165) is 43.4 Å². The van der Waals surface area contributed by atoms with E-state index in [0.29, 0.717) is 6.54 Å². The van der Waals surface area contributed by atoms with Gasteiger partial charge in [0.2, 0.25) is 0 Å². The van der Waals surface area contributed by atoms with Crippen molar-refractivity contribution in [1.82, 2.24) is 0 Å². The van der Waals surface area contributed by atoms with E-state index in [2.05, 4.69) is 24.0 Å². The molecule has 0 saturated carbocycles. The Bertz CT molecular complexity index is 358. The maximum Gasteiger partial charge on any atom is 0.0642 e. The first-order chi connectivity index (χ1) is 8.72. The SMILES string of the molecule is CCOCCN(CC)c1ccc(CCN)cc1Cl. The summed E-state index contributed by atoms with van der Waals surface area (Å²) in [4.78, 5) is 2.23. The topological polar surface area (TPSA) is 38.5 Å². The summed E-state index contributed by atoms with van der Waals surface area (Å²) in [5.74, 6) is 0. The fraction of sp³-hybridized carbons (Fsp3) is 0.571. The largest absolute Gasteiger partial charge is 0.380 e. The van der Waals surface area contributed by atoms with Gasteiger partial charge in [-0.2, -0.15) is 0 Å². The van der Waals surface area contributed by atoms with Crippen LogP contribution in [0.2, 0.25) is 5.02 Å². The van der Waals surface area contributed by atoms with E-state index >= 15 is 0 Å². The summed E-state index contributed by atoms with van der Waals surface area (Å²) < 4.78 is 5.39. The Labute approximate surface area is 115 Å². The molecule has 0 saturated heterocycles. The van der Waals surface area contributed by atoms with Gasteiger partial charge in [-0.1, -0.05) is 17.7 Å². The lowest BCUT2D eigenvalue weighted by molar-refractivity contribution is 0.154. The molecule has 0 aliphatic heterocycles. The summed E-state index contributed by atoms with van der Waals surface area (Å²) in [6, 6.07) is 6.17. The van der Waals surface area contributed by atoms with Crippen molar-refractivity contribution in [2.45, 2.75) is 20.3 Å². The summed E-state index contributed by atoms with van der Waals surface area (Å²) in [7, 11) is 0. The maximum atomic E-state index is 6.33. The molecule has 4 heteroatoms. The number of anilines is 1. The lowest BCUT2D eigenvalue weighted by atomic mass is 10.1. The smallest absolute Gasteiger partial charge is 0.0642 e. The average molecular weight is 271 g/mol. The Hall–Kier alpha value is -0.770. The molecule has 0 unspecified atom stereocenters.